The number of piperidine rings is 1. The fourth-order valence-electron chi connectivity index (χ4n) is 3.71. The number of para-hydroxylation sites is 1. The standard InChI is InChI=1S/C21H23N3O/c1-15-9-10-16(14-22-15)12-21(25)24-11-5-4-8-20(24)19-13-17-6-2-3-7-18(17)23-19/h2-3,6-7,9-10,13-14,20,23H,4-5,8,11-12H2,1H3/t20-/m1/s1. The Morgan fingerprint density at radius 3 is 2.92 bits per heavy atom. The summed E-state index contributed by atoms with van der Waals surface area (Å²) in [5, 5.41) is 1.21. The van der Waals surface area contributed by atoms with Gasteiger partial charge in [0.25, 0.3) is 0 Å². The third-order valence-electron chi connectivity index (χ3n) is 5.06. The van der Waals surface area contributed by atoms with Gasteiger partial charge in [-0.15, -0.1) is 0 Å². The van der Waals surface area contributed by atoms with Crippen molar-refractivity contribution in [2.24, 2.45) is 0 Å². The lowest BCUT2D eigenvalue weighted by Gasteiger charge is -2.35. The molecule has 0 aliphatic carbocycles. The number of hydrogen-bond donors (Lipinski definition) is 1. The Balaban J connectivity index is 1.57. The van der Waals surface area contributed by atoms with Crippen LogP contribution in [0.1, 0.15) is 42.3 Å². The molecule has 1 aliphatic rings. The van der Waals surface area contributed by atoms with Crippen LogP contribution < -0.4 is 0 Å². The van der Waals surface area contributed by atoms with Crippen molar-refractivity contribution in [2.75, 3.05) is 6.54 Å². The predicted octanol–water partition coefficient (Wildman–Crippen LogP) is 4.17. The van der Waals surface area contributed by atoms with Gasteiger partial charge in [0.05, 0.1) is 12.5 Å². The lowest BCUT2D eigenvalue weighted by molar-refractivity contribution is -0.134. The van der Waals surface area contributed by atoms with Crippen LogP contribution in [-0.4, -0.2) is 27.3 Å². The molecule has 1 amide bonds. The number of rotatable bonds is 3. The molecular formula is C21H23N3O. The van der Waals surface area contributed by atoms with E-state index < -0.39 is 0 Å². The minimum atomic E-state index is 0.145. The summed E-state index contributed by atoms with van der Waals surface area (Å²) in [5.74, 6) is 0.189. The molecule has 3 heterocycles. The SMILES string of the molecule is Cc1ccc(CC(=O)N2CCCC[C@@H]2c2cc3ccccc3[nH]2)cn1. The maximum atomic E-state index is 12.9. The van der Waals surface area contributed by atoms with Gasteiger partial charge in [-0.25, -0.2) is 0 Å². The molecule has 0 spiro atoms. The highest BCUT2D eigenvalue weighted by atomic mass is 16.2. The van der Waals surface area contributed by atoms with Gasteiger partial charge in [0.1, 0.15) is 0 Å². The molecule has 0 unspecified atom stereocenters. The number of fused-ring (bicyclic) bond motifs is 1. The second-order valence-electron chi connectivity index (χ2n) is 6.90. The number of nitrogens with one attached hydrogen (secondary N) is 1. The van der Waals surface area contributed by atoms with E-state index >= 15 is 0 Å². The number of aryl methyl sites for hydroxylation is 1. The van der Waals surface area contributed by atoms with Crippen LogP contribution in [0.2, 0.25) is 0 Å². The number of aromatic amines is 1. The van der Waals surface area contributed by atoms with E-state index in [0.717, 1.165) is 48.3 Å². The number of likely N-dealkylation sites (tertiary alicyclic amines) is 1. The topological polar surface area (TPSA) is 49.0 Å². The van der Waals surface area contributed by atoms with E-state index in [1.165, 1.54) is 5.39 Å². The van der Waals surface area contributed by atoms with Gasteiger partial charge >= 0.3 is 0 Å². The molecule has 2 aromatic heterocycles. The lowest BCUT2D eigenvalue weighted by atomic mass is 9.98. The molecule has 4 rings (SSSR count). The number of nitrogens with zero attached hydrogens (tertiary/aromatic N) is 2. The van der Waals surface area contributed by atoms with Crippen LogP contribution in [0, 0.1) is 6.92 Å². The minimum Gasteiger partial charge on any atom is -0.357 e. The number of aromatic nitrogens is 2. The van der Waals surface area contributed by atoms with Crippen LogP contribution in [0.15, 0.2) is 48.7 Å². The third kappa shape index (κ3) is 3.29. The number of pyridine rings is 1. The molecule has 1 atom stereocenters. The zero-order chi connectivity index (χ0) is 17.2. The van der Waals surface area contributed by atoms with Crippen molar-refractivity contribution in [1.82, 2.24) is 14.9 Å². The molecule has 25 heavy (non-hydrogen) atoms. The van der Waals surface area contributed by atoms with Crippen molar-refractivity contribution in [3.8, 4) is 0 Å². The number of carbonyl (C=O) groups is 1. The molecule has 0 bridgehead atoms. The molecule has 0 saturated carbocycles. The fraction of sp³-hybridized carbons (Fsp3) is 0.333. The Labute approximate surface area is 147 Å². The Kier molecular flexibility index (Phi) is 4.26. The summed E-state index contributed by atoms with van der Waals surface area (Å²) in [4.78, 5) is 22.8. The van der Waals surface area contributed by atoms with E-state index in [-0.39, 0.29) is 11.9 Å². The van der Waals surface area contributed by atoms with E-state index in [1.807, 2.05) is 42.3 Å². The molecule has 3 aromatic rings. The number of carbonyl (C=O) groups excluding carboxylic acids is 1. The average molecular weight is 333 g/mol. The number of hydrogen-bond acceptors (Lipinski definition) is 2. The second-order valence-corrected chi connectivity index (χ2v) is 6.90. The molecule has 4 heteroatoms. The summed E-state index contributed by atoms with van der Waals surface area (Å²) in [6.45, 7) is 2.79. The van der Waals surface area contributed by atoms with Crippen LogP contribution in [0.25, 0.3) is 10.9 Å². The number of H-pyrrole nitrogens is 1. The molecule has 1 saturated heterocycles. The summed E-state index contributed by atoms with van der Waals surface area (Å²) in [7, 11) is 0. The molecule has 1 fully saturated rings. The summed E-state index contributed by atoms with van der Waals surface area (Å²) in [6, 6.07) is 14.6. The van der Waals surface area contributed by atoms with E-state index in [4.69, 9.17) is 0 Å². The monoisotopic (exact) mass is 333 g/mol. The van der Waals surface area contributed by atoms with Crippen LogP contribution in [0.4, 0.5) is 0 Å². The summed E-state index contributed by atoms with van der Waals surface area (Å²) in [5.41, 5.74) is 4.25. The molecule has 1 aromatic carbocycles. The van der Waals surface area contributed by atoms with Crippen LogP contribution >= 0.6 is 0 Å². The van der Waals surface area contributed by atoms with Crippen molar-refractivity contribution in [3.63, 3.8) is 0 Å². The zero-order valence-electron chi connectivity index (χ0n) is 14.5. The van der Waals surface area contributed by atoms with Gasteiger partial charge in [0.2, 0.25) is 5.91 Å². The van der Waals surface area contributed by atoms with Crippen LogP contribution in [0.3, 0.4) is 0 Å². The maximum absolute atomic E-state index is 12.9. The van der Waals surface area contributed by atoms with E-state index in [1.54, 1.807) is 0 Å². The molecule has 4 nitrogen and oxygen atoms in total. The summed E-state index contributed by atoms with van der Waals surface area (Å²) < 4.78 is 0. The van der Waals surface area contributed by atoms with Crippen molar-refractivity contribution in [3.05, 3.63) is 65.6 Å². The second kappa shape index (κ2) is 6.71. The van der Waals surface area contributed by atoms with E-state index in [9.17, 15) is 4.79 Å². The smallest absolute Gasteiger partial charge is 0.227 e. The Bertz CT molecular complexity index is 849. The maximum Gasteiger partial charge on any atom is 0.227 e. The van der Waals surface area contributed by atoms with Gasteiger partial charge < -0.3 is 9.88 Å². The van der Waals surface area contributed by atoms with E-state index in [0.29, 0.717) is 6.42 Å². The van der Waals surface area contributed by atoms with Gasteiger partial charge in [0.15, 0.2) is 0 Å². The van der Waals surface area contributed by atoms with Gasteiger partial charge in [-0.2, -0.15) is 0 Å². The first-order valence-electron chi connectivity index (χ1n) is 8.99. The lowest BCUT2D eigenvalue weighted by Crippen LogP contribution is -2.39. The highest BCUT2D eigenvalue weighted by Gasteiger charge is 2.29. The first-order chi connectivity index (χ1) is 12.2. The summed E-state index contributed by atoms with van der Waals surface area (Å²) >= 11 is 0. The largest absolute Gasteiger partial charge is 0.357 e. The molecule has 0 radical (unpaired) electrons. The van der Waals surface area contributed by atoms with Crippen molar-refractivity contribution >= 4 is 16.8 Å². The molecule has 128 valence electrons. The van der Waals surface area contributed by atoms with Crippen molar-refractivity contribution in [1.29, 1.82) is 0 Å². The Hall–Kier alpha value is -2.62. The molecule has 1 aliphatic heterocycles. The highest BCUT2D eigenvalue weighted by molar-refractivity contribution is 5.82. The van der Waals surface area contributed by atoms with Gasteiger partial charge in [-0.3, -0.25) is 9.78 Å². The summed E-state index contributed by atoms with van der Waals surface area (Å²) in [6.07, 6.45) is 5.49. The number of benzene rings is 1. The van der Waals surface area contributed by atoms with Crippen LogP contribution in [-0.2, 0) is 11.2 Å². The van der Waals surface area contributed by atoms with Crippen molar-refractivity contribution < 1.29 is 4.79 Å². The minimum absolute atomic E-state index is 0.145. The fourth-order valence-corrected chi connectivity index (χ4v) is 3.71. The molecule has 1 N–H and O–H groups in total. The number of amides is 1. The van der Waals surface area contributed by atoms with Crippen molar-refractivity contribution in [2.45, 2.75) is 38.6 Å². The average Bonchev–Trinajstić information content (AvgIpc) is 3.07. The van der Waals surface area contributed by atoms with Gasteiger partial charge in [0, 0.05) is 29.6 Å². The first-order valence-corrected chi connectivity index (χ1v) is 8.99. The molecular weight excluding hydrogens is 310 g/mol. The predicted molar refractivity (Wildman–Crippen MR) is 99.3 cm³/mol. The Morgan fingerprint density at radius 1 is 1.24 bits per heavy atom. The quantitative estimate of drug-likeness (QED) is 0.782. The normalized spacial score (nSPS) is 17.8. The van der Waals surface area contributed by atoms with Crippen LogP contribution in [0.5, 0.6) is 0 Å². The first kappa shape index (κ1) is 15.9. The van der Waals surface area contributed by atoms with E-state index in [2.05, 4.69) is 28.2 Å². The van der Waals surface area contributed by atoms with Gasteiger partial charge in [-0.05, 0) is 55.3 Å². The van der Waals surface area contributed by atoms with Gasteiger partial charge in [-0.1, -0.05) is 24.3 Å². The Morgan fingerprint density at radius 2 is 2.12 bits per heavy atom. The zero-order valence-corrected chi connectivity index (χ0v) is 14.5. The highest BCUT2D eigenvalue weighted by Crippen LogP contribution is 2.32. The third-order valence-corrected chi connectivity index (χ3v) is 5.06.